The second-order valence-electron chi connectivity index (χ2n) is 9.76. The molecule has 0 aromatic heterocycles. The third kappa shape index (κ3) is 9.13. The average molecular weight is 505 g/mol. The Kier molecular flexibility index (Phi) is 9.75. The maximum atomic E-state index is 12.6. The number of nitrogens with zero attached hydrogens (tertiary/aromatic N) is 1. The lowest BCUT2D eigenvalue weighted by Crippen LogP contribution is -2.43. The molecule has 7 nitrogen and oxygen atoms in total. The summed E-state index contributed by atoms with van der Waals surface area (Å²) in [5.41, 5.74) is 4.99. The summed E-state index contributed by atoms with van der Waals surface area (Å²) >= 11 is 0. The Bertz CT molecular complexity index is 1020. The smallest absolute Gasteiger partial charge is 0.264 e. The van der Waals surface area contributed by atoms with E-state index in [9.17, 15) is 13.2 Å². The molecule has 1 N–H and O–H groups in total. The molecule has 2 aromatic rings. The van der Waals surface area contributed by atoms with Crippen LogP contribution in [0.3, 0.4) is 0 Å². The van der Waals surface area contributed by atoms with Gasteiger partial charge in [0.15, 0.2) is 8.32 Å². The molecule has 2 rings (SSSR count). The molecule has 0 aliphatic rings. The third-order valence-electron chi connectivity index (χ3n) is 5.83. The van der Waals surface area contributed by atoms with E-state index in [-0.39, 0.29) is 30.4 Å². The van der Waals surface area contributed by atoms with Crippen LogP contribution < -0.4 is 5.43 Å². The number of carbonyl (C=O) groups is 1. The summed E-state index contributed by atoms with van der Waals surface area (Å²) in [4.78, 5) is 12.6. The van der Waals surface area contributed by atoms with Crippen LogP contribution in [0.1, 0.15) is 44.7 Å². The van der Waals surface area contributed by atoms with Crippen molar-refractivity contribution in [3.05, 3.63) is 71.8 Å². The van der Waals surface area contributed by atoms with Crippen LogP contribution in [0.5, 0.6) is 0 Å². The molecule has 0 aliphatic carbocycles. The highest BCUT2D eigenvalue weighted by molar-refractivity contribution is 7.86. The van der Waals surface area contributed by atoms with Crippen LogP contribution in [0.25, 0.3) is 0 Å². The molecular formula is C25H36N2O5SSi. The van der Waals surface area contributed by atoms with Crippen molar-refractivity contribution in [3.63, 3.8) is 0 Å². The minimum atomic E-state index is -3.70. The van der Waals surface area contributed by atoms with Crippen molar-refractivity contribution in [2.75, 3.05) is 12.9 Å². The van der Waals surface area contributed by atoms with Crippen LogP contribution in [0.15, 0.2) is 65.8 Å². The number of rotatable bonds is 11. The molecular weight excluding hydrogens is 468 g/mol. The fraction of sp³-hybridized carbons (Fsp3) is 0.440. The van der Waals surface area contributed by atoms with Crippen molar-refractivity contribution in [2.24, 2.45) is 5.10 Å². The molecule has 0 bridgehead atoms. The first kappa shape index (κ1) is 27.9. The monoisotopic (exact) mass is 504 g/mol. The van der Waals surface area contributed by atoms with Gasteiger partial charge in [-0.15, -0.1) is 0 Å². The third-order valence-corrected chi connectivity index (χ3v) is 10.9. The number of carbonyl (C=O) groups excluding carboxylic acids is 1. The normalized spacial score (nSPS) is 13.2. The van der Waals surface area contributed by atoms with Crippen LogP contribution in [0.4, 0.5) is 0 Å². The number of nitrogens with one attached hydrogen (secondary N) is 1. The molecule has 0 fully saturated rings. The van der Waals surface area contributed by atoms with Crippen molar-refractivity contribution in [1.29, 1.82) is 0 Å². The molecule has 0 aliphatic heterocycles. The zero-order chi connectivity index (χ0) is 25.4. The Hall–Kier alpha value is -2.33. The van der Waals surface area contributed by atoms with Crippen molar-refractivity contribution >= 4 is 30.1 Å². The molecule has 9 heteroatoms. The highest BCUT2D eigenvalue weighted by Crippen LogP contribution is 2.36. The van der Waals surface area contributed by atoms with E-state index in [0.717, 1.165) is 17.4 Å². The van der Waals surface area contributed by atoms with Gasteiger partial charge in [0.05, 0.1) is 24.7 Å². The first-order chi connectivity index (χ1) is 15.8. The average Bonchev–Trinajstić information content (AvgIpc) is 2.75. The van der Waals surface area contributed by atoms with E-state index in [4.69, 9.17) is 8.61 Å². The Morgan fingerprint density at radius 2 is 1.50 bits per heavy atom. The van der Waals surface area contributed by atoms with E-state index in [1.165, 1.54) is 0 Å². The van der Waals surface area contributed by atoms with E-state index in [1.807, 2.05) is 60.7 Å². The predicted octanol–water partition coefficient (Wildman–Crippen LogP) is 4.70. The Morgan fingerprint density at radius 3 is 1.94 bits per heavy atom. The number of hydrazone groups is 1. The maximum Gasteiger partial charge on any atom is 0.264 e. The Balaban J connectivity index is 2.08. The molecule has 1 unspecified atom stereocenters. The van der Waals surface area contributed by atoms with E-state index in [2.05, 4.69) is 44.4 Å². The zero-order valence-electron chi connectivity index (χ0n) is 20.9. The van der Waals surface area contributed by atoms with Crippen LogP contribution >= 0.6 is 0 Å². The lowest BCUT2D eigenvalue weighted by Gasteiger charge is -2.37. The highest BCUT2D eigenvalue weighted by Gasteiger charge is 2.38. The van der Waals surface area contributed by atoms with Gasteiger partial charge in [0.2, 0.25) is 5.91 Å². The van der Waals surface area contributed by atoms with Crippen LogP contribution in [-0.2, 0) is 23.5 Å². The van der Waals surface area contributed by atoms with Crippen LogP contribution in [0.2, 0.25) is 18.1 Å². The molecule has 186 valence electrons. The first-order valence-electron chi connectivity index (χ1n) is 11.3. The van der Waals surface area contributed by atoms with Crippen LogP contribution in [0, 0.1) is 0 Å². The summed E-state index contributed by atoms with van der Waals surface area (Å²) in [5, 5.41) is 4.34. The van der Waals surface area contributed by atoms with Gasteiger partial charge in [0.25, 0.3) is 10.1 Å². The van der Waals surface area contributed by atoms with Gasteiger partial charge < -0.3 is 4.43 Å². The summed E-state index contributed by atoms with van der Waals surface area (Å²) in [6.45, 7) is 10.6. The molecule has 0 spiro atoms. The van der Waals surface area contributed by atoms with E-state index in [1.54, 1.807) is 0 Å². The van der Waals surface area contributed by atoms with E-state index in [0.29, 0.717) is 5.71 Å². The van der Waals surface area contributed by atoms with Crippen molar-refractivity contribution in [1.82, 2.24) is 5.43 Å². The van der Waals surface area contributed by atoms with Gasteiger partial charge >= 0.3 is 0 Å². The molecule has 1 amide bonds. The summed E-state index contributed by atoms with van der Waals surface area (Å²) in [6, 6.07) is 19.2. The fourth-order valence-corrected chi connectivity index (χ4v) is 4.56. The molecule has 1 atom stereocenters. The van der Waals surface area contributed by atoms with Gasteiger partial charge in [-0.05, 0) is 24.6 Å². The largest absolute Gasteiger partial charge is 0.414 e. The van der Waals surface area contributed by atoms with E-state index < -0.39 is 24.5 Å². The summed E-state index contributed by atoms with van der Waals surface area (Å²) < 4.78 is 34.8. The van der Waals surface area contributed by atoms with Gasteiger partial charge in [-0.1, -0.05) is 81.4 Å². The quantitative estimate of drug-likeness (QED) is 0.207. The highest BCUT2D eigenvalue weighted by atomic mass is 32.2. The van der Waals surface area contributed by atoms with Crippen molar-refractivity contribution in [2.45, 2.75) is 57.8 Å². The van der Waals surface area contributed by atoms with Crippen LogP contribution in [-0.4, -0.2) is 47.3 Å². The number of amides is 1. The molecule has 0 saturated heterocycles. The molecule has 0 radical (unpaired) electrons. The standard InChI is InChI=1S/C25H36N2O5SSi/c1-25(2,3)34(5,6)31-19-22(32-33(4,29)30)17-18-23(28)26-27-24(20-13-9-7-10-14-20)21-15-11-8-12-16-21/h7-16,22H,17-19H2,1-6H3,(H,26,28). The molecule has 34 heavy (non-hydrogen) atoms. The first-order valence-corrected chi connectivity index (χ1v) is 16.0. The van der Waals surface area contributed by atoms with Gasteiger partial charge in [-0.2, -0.15) is 13.5 Å². The Labute approximate surface area is 204 Å². The lowest BCUT2D eigenvalue weighted by molar-refractivity contribution is -0.121. The predicted molar refractivity (Wildman–Crippen MR) is 139 cm³/mol. The second kappa shape index (κ2) is 11.9. The second-order valence-corrected chi connectivity index (χ2v) is 16.2. The SMILES string of the molecule is CC(C)(C)[Si](C)(C)OCC(CCC(=O)NN=C(c1ccccc1)c1ccccc1)OS(C)(=O)=O. The summed E-state index contributed by atoms with van der Waals surface area (Å²) in [5.74, 6) is -0.334. The molecule has 2 aromatic carbocycles. The van der Waals surface area contributed by atoms with E-state index >= 15 is 0 Å². The van der Waals surface area contributed by atoms with Gasteiger partial charge in [-0.25, -0.2) is 5.43 Å². The van der Waals surface area contributed by atoms with Gasteiger partial charge in [-0.3, -0.25) is 8.98 Å². The summed E-state index contributed by atoms with van der Waals surface area (Å²) in [6.07, 6.45) is 0.487. The minimum Gasteiger partial charge on any atom is -0.414 e. The number of hydrogen-bond donors (Lipinski definition) is 1. The Morgan fingerprint density at radius 1 is 1.00 bits per heavy atom. The molecule has 0 saturated carbocycles. The summed E-state index contributed by atoms with van der Waals surface area (Å²) in [7, 11) is -5.80. The lowest BCUT2D eigenvalue weighted by atomic mass is 10.0. The maximum absolute atomic E-state index is 12.6. The zero-order valence-corrected chi connectivity index (χ0v) is 22.7. The van der Waals surface area contributed by atoms with Gasteiger partial charge in [0.1, 0.15) is 0 Å². The number of benzene rings is 2. The van der Waals surface area contributed by atoms with Gasteiger partial charge in [0, 0.05) is 17.5 Å². The minimum absolute atomic E-state index is 0.0278. The molecule has 0 heterocycles. The topological polar surface area (TPSA) is 94.1 Å². The fourth-order valence-electron chi connectivity index (χ4n) is 2.88. The van der Waals surface area contributed by atoms with Crippen molar-refractivity contribution in [3.8, 4) is 0 Å². The number of hydrogen-bond acceptors (Lipinski definition) is 6. The van der Waals surface area contributed by atoms with Crippen molar-refractivity contribution < 1.29 is 21.8 Å².